The molecule has 0 aliphatic rings. The minimum atomic E-state index is -0.506. The number of nitrogens with zero attached hydrogens (tertiary/aromatic N) is 3. The quantitative estimate of drug-likeness (QED) is 0.803. The maximum Gasteiger partial charge on any atom is 0.358 e. The number of carbonyl (C=O) groups excluding carboxylic acids is 1. The second-order valence-corrected chi connectivity index (χ2v) is 3.98. The molecule has 100 valence electrons. The lowest BCUT2D eigenvalue weighted by Crippen LogP contribution is -2.07. The Morgan fingerprint density at radius 1 is 1.47 bits per heavy atom. The highest BCUT2D eigenvalue weighted by Gasteiger charge is 2.17. The van der Waals surface area contributed by atoms with Crippen molar-refractivity contribution in [2.45, 2.75) is 6.92 Å². The van der Waals surface area contributed by atoms with Crippen LogP contribution in [0.5, 0.6) is 5.88 Å². The minimum Gasteiger partial charge on any atom is -0.481 e. The summed E-state index contributed by atoms with van der Waals surface area (Å²) in [5, 5.41) is 4.63. The molecule has 0 saturated heterocycles. The van der Waals surface area contributed by atoms with Crippen LogP contribution in [0, 0.1) is 0 Å². The molecule has 0 aliphatic carbocycles. The molecule has 0 atom stereocenters. The molecule has 2 aromatic rings. The van der Waals surface area contributed by atoms with E-state index in [-0.39, 0.29) is 12.3 Å². The van der Waals surface area contributed by atoms with Crippen LogP contribution >= 0.6 is 11.6 Å². The van der Waals surface area contributed by atoms with Crippen LogP contribution < -0.4 is 4.74 Å². The zero-order valence-corrected chi connectivity index (χ0v) is 11.2. The predicted octanol–water partition coefficient (Wildman–Crippen LogP) is 2.11. The fourth-order valence-electron chi connectivity index (χ4n) is 1.47. The standard InChI is InChI=1S/C12H12ClN3O3/c1-3-19-12(17)9-6-11(18-2)16(15-9)10-5-4-8(13)7-14-10/h4-7H,3H2,1-2H3. The van der Waals surface area contributed by atoms with Crippen LogP contribution in [0.25, 0.3) is 5.82 Å². The molecule has 0 bridgehead atoms. The van der Waals surface area contributed by atoms with Crippen molar-refractivity contribution < 1.29 is 14.3 Å². The number of rotatable bonds is 4. The Bertz CT molecular complexity index is 580. The number of ether oxygens (including phenoxy) is 2. The molecule has 2 heterocycles. The van der Waals surface area contributed by atoms with Crippen molar-refractivity contribution in [1.82, 2.24) is 14.8 Å². The van der Waals surface area contributed by atoms with Crippen LogP contribution in [-0.2, 0) is 4.74 Å². The SMILES string of the molecule is CCOC(=O)c1cc(OC)n(-c2ccc(Cl)cn2)n1. The lowest BCUT2D eigenvalue weighted by atomic mass is 10.4. The number of aromatic nitrogens is 3. The van der Waals surface area contributed by atoms with E-state index >= 15 is 0 Å². The molecule has 7 heteroatoms. The molecule has 0 unspecified atom stereocenters. The number of methoxy groups -OCH3 is 1. The third kappa shape index (κ3) is 2.85. The van der Waals surface area contributed by atoms with Crippen LogP contribution in [0.15, 0.2) is 24.4 Å². The molecular formula is C12H12ClN3O3. The third-order valence-corrected chi connectivity index (χ3v) is 2.52. The van der Waals surface area contributed by atoms with E-state index in [0.717, 1.165) is 0 Å². The van der Waals surface area contributed by atoms with E-state index < -0.39 is 5.97 Å². The molecule has 0 radical (unpaired) electrons. The third-order valence-electron chi connectivity index (χ3n) is 2.30. The van der Waals surface area contributed by atoms with Crippen molar-refractivity contribution in [2.75, 3.05) is 13.7 Å². The molecule has 2 rings (SSSR count). The van der Waals surface area contributed by atoms with Gasteiger partial charge in [0.15, 0.2) is 11.5 Å². The van der Waals surface area contributed by atoms with Gasteiger partial charge in [-0.1, -0.05) is 11.6 Å². The summed E-state index contributed by atoms with van der Waals surface area (Å²) in [6.45, 7) is 2.01. The van der Waals surface area contributed by atoms with Crippen LogP contribution in [0.1, 0.15) is 17.4 Å². The van der Waals surface area contributed by atoms with Crippen molar-refractivity contribution in [3.05, 3.63) is 35.1 Å². The average Bonchev–Trinajstić information content (AvgIpc) is 2.84. The number of halogens is 1. The van der Waals surface area contributed by atoms with E-state index in [2.05, 4.69) is 10.1 Å². The molecule has 0 amide bonds. The van der Waals surface area contributed by atoms with Gasteiger partial charge in [0, 0.05) is 12.3 Å². The first-order valence-corrected chi connectivity index (χ1v) is 5.96. The van der Waals surface area contributed by atoms with Crippen molar-refractivity contribution in [3.8, 4) is 11.7 Å². The largest absolute Gasteiger partial charge is 0.481 e. The predicted molar refractivity (Wildman–Crippen MR) is 68.9 cm³/mol. The molecule has 6 nitrogen and oxygen atoms in total. The maximum absolute atomic E-state index is 11.6. The topological polar surface area (TPSA) is 66.2 Å². The van der Waals surface area contributed by atoms with E-state index in [1.54, 1.807) is 19.1 Å². The highest BCUT2D eigenvalue weighted by Crippen LogP contribution is 2.19. The van der Waals surface area contributed by atoms with Gasteiger partial charge in [0.1, 0.15) is 0 Å². The van der Waals surface area contributed by atoms with Gasteiger partial charge in [-0.25, -0.2) is 9.78 Å². The van der Waals surface area contributed by atoms with Crippen LogP contribution in [0.3, 0.4) is 0 Å². The van der Waals surface area contributed by atoms with Crippen molar-refractivity contribution in [3.63, 3.8) is 0 Å². The lowest BCUT2D eigenvalue weighted by molar-refractivity contribution is 0.0519. The van der Waals surface area contributed by atoms with E-state index in [0.29, 0.717) is 16.7 Å². The molecule has 0 fully saturated rings. The highest BCUT2D eigenvalue weighted by molar-refractivity contribution is 6.30. The Morgan fingerprint density at radius 2 is 2.26 bits per heavy atom. The van der Waals surface area contributed by atoms with Crippen LogP contribution in [0.4, 0.5) is 0 Å². The van der Waals surface area contributed by atoms with Gasteiger partial charge in [0.05, 0.1) is 18.7 Å². The van der Waals surface area contributed by atoms with Gasteiger partial charge in [-0.3, -0.25) is 0 Å². The van der Waals surface area contributed by atoms with Crippen LogP contribution in [-0.4, -0.2) is 34.5 Å². The van der Waals surface area contributed by atoms with E-state index in [4.69, 9.17) is 21.1 Å². The van der Waals surface area contributed by atoms with Crippen LogP contribution in [0.2, 0.25) is 5.02 Å². The molecule has 0 spiro atoms. The smallest absolute Gasteiger partial charge is 0.358 e. The highest BCUT2D eigenvalue weighted by atomic mass is 35.5. The van der Waals surface area contributed by atoms with E-state index in [1.165, 1.54) is 24.1 Å². The first kappa shape index (κ1) is 13.4. The maximum atomic E-state index is 11.6. The monoisotopic (exact) mass is 281 g/mol. The Hall–Kier alpha value is -2.08. The van der Waals surface area contributed by atoms with Gasteiger partial charge < -0.3 is 9.47 Å². The zero-order valence-electron chi connectivity index (χ0n) is 10.5. The molecule has 0 saturated carbocycles. The van der Waals surface area contributed by atoms with Gasteiger partial charge in [-0.2, -0.15) is 9.78 Å². The Morgan fingerprint density at radius 3 is 2.84 bits per heavy atom. The molecule has 0 aromatic carbocycles. The van der Waals surface area contributed by atoms with E-state index in [9.17, 15) is 4.79 Å². The summed E-state index contributed by atoms with van der Waals surface area (Å²) >= 11 is 5.77. The normalized spacial score (nSPS) is 10.3. The molecule has 19 heavy (non-hydrogen) atoms. The van der Waals surface area contributed by atoms with E-state index in [1.807, 2.05) is 0 Å². The van der Waals surface area contributed by atoms with Crippen molar-refractivity contribution in [1.29, 1.82) is 0 Å². The first-order chi connectivity index (χ1) is 9.15. The van der Waals surface area contributed by atoms with Gasteiger partial charge >= 0.3 is 5.97 Å². The number of hydrogen-bond acceptors (Lipinski definition) is 5. The number of pyridine rings is 1. The Labute approximate surface area is 114 Å². The van der Waals surface area contributed by atoms with Crippen molar-refractivity contribution >= 4 is 17.6 Å². The average molecular weight is 282 g/mol. The Balaban J connectivity index is 2.39. The summed E-state index contributed by atoms with van der Waals surface area (Å²) in [6, 6.07) is 4.84. The summed E-state index contributed by atoms with van der Waals surface area (Å²) in [5.74, 6) is 0.378. The fourth-order valence-corrected chi connectivity index (χ4v) is 1.58. The van der Waals surface area contributed by atoms with Crippen molar-refractivity contribution in [2.24, 2.45) is 0 Å². The number of hydrogen-bond donors (Lipinski definition) is 0. The van der Waals surface area contributed by atoms with Gasteiger partial charge in [-0.15, -0.1) is 0 Å². The number of carbonyl (C=O) groups is 1. The first-order valence-electron chi connectivity index (χ1n) is 5.58. The number of esters is 1. The fraction of sp³-hybridized carbons (Fsp3) is 0.250. The summed E-state index contributed by atoms with van der Waals surface area (Å²) in [6.07, 6.45) is 1.49. The summed E-state index contributed by atoms with van der Waals surface area (Å²) in [4.78, 5) is 15.7. The molecule has 0 aliphatic heterocycles. The van der Waals surface area contributed by atoms with Gasteiger partial charge in [0.2, 0.25) is 5.88 Å². The minimum absolute atomic E-state index is 0.162. The second-order valence-electron chi connectivity index (χ2n) is 3.54. The molecule has 2 aromatic heterocycles. The lowest BCUT2D eigenvalue weighted by Gasteiger charge is -2.04. The summed E-state index contributed by atoms with van der Waals surface area (Å²) in [5.41, 5.74) is 0.162. The van der Waals surface area contributed by atoms with Gasteiger partial charge in [-0.05, 0) is 19.1 Å². The Kier molecular flexibility index (Phi) is 4.01. The second kappa shape index (κ2) is 5.71. The summed E-state index contributed by atoms with van der Waals surface area (Å²) < 4.78 is 11.4. The zero-order chi connectivity index (χ0) is 13.8. The van der Waals surface area contributed by atoms with Gasteiger partial charge in [0.25, 0.3) is 0 Å². The summed E-state index contributed by atoms with van der Waals surface area (Å²) in [7, 11) is 1.48. The molecular weight excluding hydrogens is 270 g/mol. The molecule has 0 N–H and O–H groups in total.